The minimum atomic E-state index is -5.03. The molecule has 0 saturated carbocycles. The first-order valence-electron chi connectivity index (χ1n) is 24.7. The zero-order chi connectivity index (χ0) is 56.2. The molecular formula is C51H66N10O13S3. The summed E-state index contributed by atoms with van der Waals surface area (Å²) >= 11 is 0. The molecular weight excluding hydrogens is 1060 g/mol. The molecule has 4 aromatic carbocycles. The summed E-state index contributed by atoms with van der Waals surface area (Å²) in [6.45, 7) is 2.76. The van der Waals surface area contributed by atoms with Crippen molar-refractivity contribution in [2.45, 2.75) is 108 Å². The number of nitrogens with one attached hydrogen (secondary N) is 7. The van der Waals surface area contributed by atoms with Gasteiger partial charge in [-0.1, -0.05) is 131 Å². The fraction of sp³-hybridized carbons (Fsp3) is 0.412. The number of nitrogens with two attached hydrogens (primary N) is 2. The molecule has 14 N–H and O–H groups in total. The van der Waals surface area contributed by atoms with E-state index in [0.717, 1.165) is 27.0 Å². The summed E-state index contributed by atoms with van der Waals surface area (Å²) in [4.78, 5) is 110. The van der Waals surface area contributed by atoms with Gasteiger partial charge in [-0.3, -0.25) is 39.0 Å². The van der Waals surface area contributed by atoms with Crippen molar-refractivity contribution in [3.05, 3.63) is 114 Å². The van der Waals surface area contributed by atoms with Gasteiger partial charge in [-0.25, -0.2) is 4.79 Å². The molecule has 4 aromatic rings. The molecule has 0 radical (unpaired) electrons. The minimum Gasteiger partial charge on any atom is -0.508 e. The van der Waals surface area contributed by atoms with Crippen LogP contribution in [0.3, 0.4) is 0 Å². The van der Waals surface area contributed by atoms with Gasteiger partial charge in [0, 0.05) is 30.8 Å². The number of hydrogen-bond donors (Lipinski definition) is 12. The van der Waals surface area contributed by atoms with Gasteiger partial charge < -0.3 is 53.4 Å². The van der Waals surface area contributed by atoms with E-state index >= 15 is 8.42 Å². The monoisotopic (exact) mass is 1120 g/mol. The Balaban J connectivity index is 1.66. The summed E-state index contributed by atoms with van der Waals surface area (Å²) < 4.78 is 33.0. The number of aromatic hydroxyl groups is 1. The molecule has 1 saturated heterocycles. The molecule has 3 unspecified atom stereocenters. The number of hydrogen-bond acceptors (Lipinski definition) is 15. The highest BCUT2D eigenvalue weighted by Crippen LogP contribution is 2.25. The van der Waals surface area contributed by atoms with Crippen LogP contribution < -0.4 is 48.2 Å². The van der Waals surface area contributed by atoms with Crippen LogP contribution in [0, 0.1) is 5.92 Å². The first-order chi connectivity index (χ1) is 36.6. The van der Waals surface area contributed by atoms with Crippen LogP contribution in [0.25, 0.3) is 10.8 Å². The van der Waals surface area contributed by atoms with Gasteiger partial charge in [0.2, 0.25) is 29.5 Å². The van der Waals surface area contributed by atoms with E-state index in [-0.39, 0.29) is 55.9 Å². The maximum atomic E-state index is 15.0. The van der Waals surface area contributed by atoms with Crippen LogP contribution in [0.2, 0.25) is 0 Å². The minimum absolute atomic E-state index is 0.107. The molecule has 0 bridgehead atoms. The largest absolute Gasteiger partial charge is 0.508 e. The van der Waals surface area contributed by atoms with E-state index in [1.54, 1.807) is 86.6 Å². The van der Waals surface area contributed by atoms with Crippen LogP contribution in [0.15, 0.2) is 97.1 Å². The van der Waals surface area contributed by atoms with E-state index in [2.05, 4.69) is 36.7 Å². The van der Waals surface area contributed by atoms with Crippen molar-refractivity contribution in [1.29, 1.82) is 0 Å². The van der Waals surface area contributed by atoms with Gasteiger partial charge in [0.15, 0.2) is 0 Å². The second kappa shape index (κ2) is 29.6. The lowest BCUT2D eigenvalue weighted by Gasteiger charge is -2.30. The van der Waals surface area contributed by atoms with Crippen LogP contribution >= 0.6 is 21.6 Å². The van der Waals surface area contributed by atoms with Gasteiger partial charge in [0.05, 0.1) is 12.6 Å². The number of rotatable bonds is 19. The molecule has 1 aliphatic heterocycles. The number of phenolic OH excluding ortho intramolecular Hbond substituents is 1. The lowest BCUT2D eigenvalue weighted by molar-refractivity contribution is -0.143. The first-order valence-corrected chi connectivity index (χ1v) is 28.6. The topological polar surface area (TPSA) is 371 Å². The number of aliphatic carboxylic acids is 2. The molecule has 1 heterocycles. The number of fused-ring (bicyclic) bond motifs is 1. The van der Waals surface area contributed by atoms with Crippen LogP contribution in [0.1, 0.15) is 62.6 Å². The van der Waals surface area contributed by atoms with Gasteiger partial charge in [-0.15, -0.1) is 0 Å². The Hall–Kier alpha value is -6.81. The van der Waals surface area contributed by atoms with Crippen molar-refractivity contribution in [3.8, 4) is 5.75 Å². The fourth-order valence-electron chi connectivity index (χ4n) is 7.96. The van der Waals surface area contributed by atoms with Crippen molar-refractivity contribution in [2.24, 2.45) is 17.4 Å². The van der Waals surface area contributed by atoms with E-state index in [1.807, 2.05) is 0 Å². The lowest BCUT2D eigenvalue weighted by atomic mass is 10.0. The molecule has 1 aliphatic rings. The normalized spacial score (nSPS) is 21.1. The Labute approximate surface area is 453 Å². The second-order valence-electron chi connectivity index (χ2n) is 18.6. The van der Waals surface area contributed by atoms with Gasteiger partial charge in [0.1, 0.15) is 42.0 Å². The molecule has 416 valence electrons. The molecule has 0 spiro atoms. The van der Waals surface area contributed by atoms with Crippen LogP contribution in [-0.4, -0.2) is 136 Å². The summed E-state index contributed by atoms with van der Waals surface area (Å²) in [5.41, 5.74) is 15.7. The molecule has 23 nitrogen and oxygen atoms in total. The third kappa shape index (κ3) is 19.0. The third-order valence-corrected chi connectivity index (χ3v) is 16.1. The highest BCUT2D eigenvalue weighted by atomic mass is 33.1. The predicted molar refractivity (Wildman–Crippen MR) is 290 cm³/mol. The standard InChI is InChI=1S/C51H66N10O13S3/c1-30(2)44(51(71)72)58-49(69)42-29-76-75-28-41(56-45(65)37(53)22-23-43(63)64)48(68)55-40(25-31-11-4-3-5-12-31)50(70)59-61(27-34-15-10-14-33-13-6-7-16-36(33)34)77(73,74)60-38(17-8-9-24-52)46(66)54-39(47(67)57-42)26-32-18-20-35(62)21-19-32/h3-7,10-16,18-21,30,37-42,44,60,62H,8-9,17,22-29,52-53H2,1-2H3,(H,54,66)(H,55,68)(H,56,65)(H,57,67)(H,58,69)(H,59,70)(H,63,64)(H,71,72)/t37-,38-,39?,40?,41-,42?,44-/m0/s1. The van der Waals surface area contributed by atoms with Crippen molar-refractivity contribution in [2.75, 3.05) is 18.1 Å². The zero-order valence-corrected chi connectivity index (χ0v) is 44.8. The molecule has 5 rings (SSSR count). The number of carboxylic acids is 2. The van der Waals surface area contributed by atoms with E-state index < -0.39 is 119 Å². The quantitative estimate of drug-likeness (QED) is 0.0459. The maximum absolute atomic E-state index is 15.0. The number of carbonyl (C=O) groups is 8. The smallest absolute Gasteiger partial charge is 0.326 e. The number of carbonyl (C=O) groups excluding carboxylic acids is 6. The van der Waals surface area contributed by atoms with E-state index in [0.29, 0.717) is 32.9 Å². The Morgan fingerprint density at radius 1 is 0.753 bits per heavy atom. The number of phenols is 1. The summed E-state index contributed by atoms with van der Waals surface area (Å²) in [6, 6.07) is 15.7. The average Bonchev–Trinajstić information content (AvgIpc) is 3.39. The summed E-state index contributed by atoms with van der Waals surface area (Å²) in [7, 11) is -3.18. The summed E-state index contributed by atoms with van der Waals surface area (Å²) in [6.07, 6.45) is -0.898. The van der Waals surface area contributed by atoms with Crippen molar-refractivity contribution < 1.29 is 62.1 Å². The molecule has 7 atom stereocenters. The van der Waals surface area contributed by atoms with E-state index in [1.165, 1.54) is 24.3 Å². The fourth-order valence-corrected chi connectivity index (χ4v) is 11.5. The van der Waals surface area contributed by atoms with E-state index in [9.17, 15) is 53.7 Å². The molecule has 0 aliphatic carbocycles. The lowest BCUT2D eigenvalue weighted by Crippen LogP contribution is -2.62. The molecule has 1 fully saturated rings. The third-order valence-electron chi connectivity index (χ3n) is 12.3. The van der Waals surface area contributed by atoms with Crippen LogP contribution in [0.5, 0.6) is 5.75 Å². The number of amides is 6. The van der Waals surface area contributed by atoms with E-state index in [4.69, 9.17) is 11.5 Å². The molecule has 6 amide bonds. The highest BCUT2D eigenvalue weighted by Gasteiger charge is 2.37. The first kappa shape index (κ1) is 61.0. The second-order valence-corrected chi connectivity index (χ2v) is 22.7. The average molecular weight is 1120 g/mol. The summed E-state index contributed by atoms with van der Waals surface area (Å²) in [5.74, 6) is -9.75. The Bertz CT molecular complexity index is 2810. The number of carboxylic acid groups (broad SMARTS) is 2. The number of hydrazine groups is 1. The maximum Gasteiger partial charge on any atom is 0.326 e. The van der Waals surface area contributed by atoms with Gasteiger partial charge >= 0.3 is 11.9 Å². The summed E-state index contributed by atoms with van der Waals surface area (Å²) in [5, 5.41) is 43.5. The zero-order valence-electron chi connectivity index (χ0n) is 42.4. The number of nitrogens with zero attached hydrogens (tertiary/aromatic N) is 1. The number of benzene rings is 4. The highest BCUT2D eigenvalue weighted by molar-refractivity contribution is 8.76. The van der Waals surface area contributed by atoms with Crippen molar-refractivity contribution in [1.82, 2.24) is 41.1 Å². The van der Waals surface area contributed by atoms with Crippen LogP contribution in [-0.2, 0) is 68.0 Å². The SMILES string of the molecule is CC(C)[C@H](NC(=O)C1CSSC[C@H](NC(=O)[C@@H](N)CCC(=O)O)C(=O)NC(Cc2ccccc2)C(=O)NN(Cc2cccc3ccccc23)S(=O)(=O)N[C@@H](CCCCN)C(=O)NC(Cc2ccc(O)cc2)C(=O)N1)C(=O)O. The van der Waals surface area contributed by atoms with Crippen molar-refractivity contribution >= 4 is 90.0 Å². The van der Waals surface area contributed by atoms with Crippen LogP contribution in [0.4, 0.5) is 0 Å². The van der Waals surface area contributed by atoms with Gasteiger partial charge in [-0.2, -0.15) is 13.1 Å². The molecule has 0 aromatic heterocycles. The predicted octanol–water partition coefficient (Wildman–Crippen LogP) is 0.948. The Kier molecular flexibility index (Phi) is 23.5. The van der Waals surface area contributed by atoms with Gasteiger partial charge in [0.25, 0.3) is 16.1 Å². The van der Waals surface area contributed by atoms with Crippen molar-refractivity contribution in [3.63, 3.8) is 0 Å². The number of unbranched alkanes of at least 4 members (excludes halogenated alkanes) is 1. The Morgan fingerprint density at radius 3 is 2.03 bits per heavy atom. The Morgan fingerprint density at radius 2 is 1.36 bits per heavy atom. The van der Waals surface area contributed by atoms with Gasteiger partial charge in [-0.05, 0) is 71.3 Å². The molecule has 77 heavy (non-hydrogen) atoms. The molecule has 26 heteroatoms.